The number of nitro benzene ring substituents is 1. The Morgan fingerprint density at radius 1 is 1.37 bits per heavy atom. The standard InChI is InChI=1S/C11H11N5O3/c1-7(11-8(2)14-19-15-11)12-13-9-3-5-10(6-4-9)16(17)18/h3-6,13H,1-2H3. The Labute approximate surface area is 108 Å². The van der Waals surface area contributed by atoms with E-state index < -0.39 is 4.92 Å². The predicted molar refractivity (Wildman–Crippen MR) is 68.0 cm³/mol. The zero-order valence-corrected chi connectivity index (χ0v) is 10.3. The van der Waals surface area contributed by atoms with Crippen LogP contribution in [0.1, 0.15) is 18.3 Å². The maximum atomic E-state index is 10.5. The van der Waals surface area contributed by atoms with E-state index in [1.54, 1.807) is 26.0 Å². The largest absolute Gasteiger partial charge is 0.278 e. The van der Waals surface area contributed by atoms with Crippen LogP contribution >= 0.6 is 0 Å². The van der Waals surface area contributed by atoms with E-state index in [9.17, 15) is 10.1 Å². The molecule has 2 aromatic rings. The van der Waals surface area contributed by atoms with Crippen molar-refractivity contribution in [1.29, 1.82) is 0 Å². The third-order valence-electron chi connectivity index (χ3n) is 2.43. The summed E-state index contributed by atoms with van der Waals surface area (Å²) in [5.41, 5.74) is 5.27. The van der Waals surface area contributed by atoms with E-state index in [4.69, 9.17) is 0 Å². The number of rotatable bonds is 4. The van der Waals surface area contributed by atoms with Gasteiger partial charge in [-0.3, -0.25) is 15.5 Å². The molecule has 2 rings (SSSR count). The summed E-state index contributed by atoms with van der Waals surface area (Å²) in [4.78, 5) is 10.0. The Morgan fingerprint density at radius 3 is 2.58 bits per heavy atom. The van der Waals surface area contributed by atoms with Crippen molar-refractivity contribution in [2.45, 2.75) is 13.8 Å². The fourth-order valence-electron chi connectivity index (χ4n) is 1.42. The van der Waals surface area contributed by atoms with Crippen molar-refractivity contribution < 1.29 is 9.55 Å². The Hall–Kier alpha value is -2.77. The van der Waals surface area contributed by atoms with Crippen LogP contribution < -0.4 is 5.43 Å². The number of aromatic nitrogens is 2. The molecule has 8 heteroatoms. The first kappa shape index (κ1) is 12.7. The fraction of sp³-hybridized carbons (Fsp3) is 0.182. The zero-order chi connectivity index (χ0) is 13.8. The number of nitro groups is 1. The first-order valence-electron chi connectivity index (χ1n) is 5.42. The van der Waals surface area contributed by atoms with E-state index in [-0.39, 0.29) is 5.69 Å². The van der Waals surface area contributed by atoms with Gasteiger partial charge in [0.05, 0.1) is 16.3 Å². The van der Waals surface area contributed by atoms with Crippen LogP contribution in [-0.4, -0.2) is 20.9 Å². The molecule has 1 heterocycles. The Kier molecular flexibility index (Phi) is 3.51. The molecule has 0 aliphatic rings. The number of hydrogen-bond acceptors (Lipinski definition) is 7. The van der Waals surface area contributed by atoms with Crippen LogP contribution in [0.25, 0.3) is 0 Å². The van der Waals surface area contributed by atoms with Gasteiger partial charge in [-0.15, -0.1) is 0 Å². The summed E-state index contributed by atoms with van der Waals surface area (Å²) in [6.07, 6.45) is 0. The zero-order valence-electron chi connectivity index (χ0n) is 10.3. The predicted octanol–water partition coefficient (Wildman–Crippen LogP) is 2.12. The van der Waals surface area contributed by atoms with Crippen molar-refractivity contribution in [3.8, 4) is 0 Å². The van der Waals surface area contributed by atoms with E-state index in [1.807, 2.05) is 0 Å². The summed E-state index contributed by atoms with van der Waals surface area (Å²) < 4.78 is 4.58. The van der Waals surface area contributed by atoms with Crippen molar-refractivity contribution in [3.63, 3.8) is 0 Å². The van der Waals surface area contributed by atoms with Gasteiger partial charge in [0.25, 0.3) is 5.69 Å². The lowest BCUT2D eigenvalue weighted by atomic mass is 10.2. The average Bonchev–Trinajstić information content (AvgIpc) is 2.83. The van der Waals surface area contributed by atoms with Crippen LogP contribution in [0.5, 0.6) is 0 Å². The van der Waals surface area contributed by atoms with Gasteiger partial charge in [-0.25, -0.2) is 4.63 Å². The van der Waals surface area contributed by atoms with Crippen molar-refractivity contribution in [2.75, 3.05) is 5.43 Å². The Bertz CT molecular complexity index is 618. The molecule has 0 aliphatic carbocycles. The molecule has 0 bridgehead atoms. The normalized spacial score (nSPS) is 11.4. The average molecular weight is 261 g/mol. The van der Waals surface area contributed by atoms with Crippen molar-refractivity contribution >= 4 is 17.1 Å². The highest BCUT2D eigenvalue weighted by Crippen LogP contribution is 2.15. The molecule has 0 aliphatic heterocycles. The quantitative estimate of drug-likeness (QED) is 0.513. The highest BCUT2D eigenvalue weighted by atomic mass is 16.6. The molecule has 0 spiro atoms. The van der Waals surface area contributed by atoms with Gasteiger partial charge >= 0.3 is 0 Å². The van der Waals surface area contributed by atoms with Gasteiger partial charge in [0.2, 0.25) is 0 Å². The minimum absolute atomic E-state index is 0.0304. The molecule has 0 atom stereocenters. The summed E-state index contributed by atoms with van der Waals surface area (Å²) in [5.74, 6) is 0. The van der Waals surface area contributed by atoms with Gasteiger partial charge in [0, 0.05) is 12.1 Å². The lowest BCUT2D eigenvalue weighted by Gasteiger charge is -2.01. The molecule has 98 valence electrons. The molecule has 0 saturated heterocycles. The smallest absolute Gasteiger partial charge is 0.269 e. The summed E-state index contributed by atoms with van der Waals surface area (Å²) >= 11 is 0. The third-order valence-corrected chi connectivity index (χ3v) is 2.43. The van der Waals surface area contributed by atoms with Gasteiger partial charge in [0.15, 0.2) is 5.69 Å². The van der Waals surface area contributed by atoms with Crippen LogP contribution in [-0.2, 0) is 0 Å². The molecule has 1 aromatic carbocycles. The maximum absolute atomic E-state index is 10.5. The number of aryl methyl sites for hydroxylation is 1. The van der Waals surface area contributed by atoms with E-state index in [0.717, 1.165) is 0 Å². The van der Waals surface area contributed by atoms with Crippen molar-refractivity contribution in [1.82, 2.24) is 10.3 Å². The van der Waals surface area contributed by atoms with E-state index in [2.05, 4.69) is 25.5 Å². The first-order chi connectivity index (χ1) is 9.08. The van der Waals surface area contributed by atoms with Gasteiger partial charge in [0.1, 0.15) is 5.69 Å². The fourth-order valence-corrected chi connectivity index (χ4v) is 1.42. The number of anilines is 1. The second-order valence-electron chi connectivity index (χ2n) is 3.81. The van der Waals surface area contributed by atoms with Gasteiger partial charge in [-0.1, -0.05) is 5.16 Å². The SMILES string of the molecule is CC(=NNc1ccc([N+](=O)[O-])cc1)c1nonc1C. The maximum Gasteiger partial charge on any atom is 0.269 e. The minimum Gasteiger partial charge on any atom is -0.278 e. The number of hydrogen-bond donors (Lipinski definition) is 1. The third kappa shape index (κ3) is 2.92. The van der Waals surface area contributed by atoms with Gasteiger partial charge in [-0.2, -0.15) is 5.10 Å². The monoisotopic (exact) mass is 261 g/mol. The van der Waals surface area contributed by atoms with Crippen molar-refractivity contribution in [3.05, 3.63) is 45.8 Å². The van der Waals surface area contributed by atoms with E-state index in [0.29, 0.717) is 22.8 Å². The Morgan fingerprint density at radius 2 is 2.05 bits per heavy atom. The molecule has 8 nitrogen and oxygen atoms in total. The number of non-ortho nitro benzene ring substituents is 1. The molecule has 1 aromatic heterocycles. The number of nitrogens with one attached hydrogen (secondary N) is 1. The second-order valence-corrected chi connectivity index (χ2v) is 3.81. The van der Waals surface area contributed by atoms with Gasteiger partial charge < -0.3 is 0 Å². The van der Waals surface area contributed by atoms with E-state index >= 15 is 0 Å². The number of nitrogens with zero attached hydrogens (tertiary/aromatic N) is 4. The molecular formula is C11H11N5O3. The molecule has 0 saturated carbocycles. The highest BCUT2D eigenvalue weighted by Gasteiger charge is 2.08. The molecule has 0 amide bonds. The number of hydrazone groups is 1. The molecule has 1 N–H and O–H groups in total. The second kappa shape index (κ2) is 5.25. The molecule has 0 radical (unpaired) electrons. The number of benzene rings is 1. The molecule has 0 fully saturated rings. The van der Waals surface area contributed by atoms with E-state index in [1.165, 1.54) is 12.1 Å². The molecule has 19 heavy (non-hydrogen) atoms. The van der Waals surface area contributed by atoms with Crippen LogP contribution in [0.4, 0.5) is 11.4 Å². The lowest BCUT2D eigenvalue weighted by molar-refractivity contribution is -0.384. The van der Waals surface area contributed by atoms with Gasteiger partial charge in [-0.05, 0) is 31.1 Å². The van der Waals surface area contributed by atoms with Crippen LogP contribution in [0.15, 0.2) is 34.0 Å². The molecular weight excluding hydrogens is 250 g/mol. The molecule has 0 unspecified atom stereocenters. The summed E-state index contributed by atoms with van der Waals surface area (Å²) in [7, 11) is 0. The lowest BCUT2D eigenvalue weighted by Crippen LogP contribution is -2.02. The first-order valence-corrected chi connectivity index (χ1v) is 5.42. The Balaban J connectivity index is 2.10. The summed E-state index contributed by atoms with van der Waals surface area (Å²) in [6, 6.07) is 5.94. The van der Waals surface area contributed by atoms with Crippen molar-refractivity contribution in [2.24, 2.45) is 5.10 Å². The summed E-state index contributed by atoms with van der Waals surface area (Å²) in [5, 5.41) is 22.0. The summed E-state index contributed by atoms with van der Waals surface area (Å²) in [6.45, 7) is 3.52. The topological polar surface area (TPSA) is 106 Å². The highest BCUT2D eigenvalue weighted by molar-refractivity contribution is 5.98. The minimum atomic E-state index is -0.456. The van der Waals surface area contributed by atoms with Crippen LogP contribution in [0.3, 0.4) is 0 Å². The van der Waals surface area contributed by atoms with Crippen LogP contribution in [0.2, 0.25) is 0 Å². The van der Waals surface area contributed by atoms with Crippen LogP contribution in [0, 0.1) is 17.0 Å².